The highest BCUT2D eigenvalue weighted by Crippen LogP contribution is 2.26. The Morgan fingerprint density at radius 2 is 2.05 bits per heavy atom. The van der Waals surface area contributed by atoms with Crippen LogP contribution in [0.2, 0.25) is 0 Å². The van der Waals surface area contributed by atoms with Gasteiger partial charge in [-0.25, -0.2) is 8.42 Å². The molecule has 2 aliphatic rings. The fourth-order valence-corrected chi connectivity index (χ4v) is 4.63. The van der Waals surface area contributed by atoms with Gasteiger partial charge in [-0.15, -0.1) is 0 Å². The summed E-state index contributed by atoms with van der Waals surface area (Å²) >= 11 is 0. The van der Waals surface area contributed by atoms with E-state index in [1.165, 1.54) is 10.6 Å². The van der Waals surface area contributed by atoms with Gasteiger partial charge in [0.1, 0.15) is 6.04 Å². The number of likely N-dealkylation sites (tertiary alicyclic amines) is 1. The van der Waals surface area contributed by atoms with Crippen molar-refractivity contribution in [3.8, 4) is 0 Å². The maximum absolute atomic E-state index is 12.8. The third kappa shape index (κ3) is 3.03. The molecular weight excluding hydrogens is 304 g/mol. The van der Waals surface area contributed by atoms with Crippen LogP contribution in [0.15, 0.2) is 18.5 Å². The van der Waals surface area contributed by atoms with E-state index in [4.69, 9.17) is 0 Å². The highest BCUT2D eigenvalue weighted by molar-refractivity contribution is 7.88. The molecule has 122 valence electrons. The van der Waals surface area contributed by atoms with Crippen LogP contribution in [0.4, 0.5) is 0 Å². The second-order valence-corrected chi connectivity index (χ2v) is 8.02. The fourth-order valence-electron chi connectivity index (χ4n) is 3.52. The van der Waals surface area contributed by atoms with E-state index in [9.17, 15) is 13.2 Å². The lowest BCUT2D eigenvalue weighted by Crippen LogP contribution is -2.49. The zero-order chi connectivity index (χ0) is 15.7. The van der Waals surface area contributed by atoms with Crippen LogP contribution >= 0.6 is 0 Å². The van der Waals surface area contributed by atoms with Crippen LogP contribution < -0.4 is 0 Å². The van der Waals surface area contributed by atoms with E-state index in [0.29, 0.717) is 26.1 Å². The number of hydrogen-bond donors (Lipinski definition) is 0. The Bertz CT molecular complexity index is 629. The molecule has 2 atom stereocenters. The van der Waals surface area contributed by atoms with Gasteiger partial charge in [0, 0.05) is 25.5 Å². The molecule has 1 aromatic rings. The number of nitrogens with zero attached hydrogens (tertiary/aromatic N) is 4. The molecule has 8 heteroatoms. The van der Waals surface area contributed by atoms with Crippen molar-refractivity contribution in [1.29, 1.82) is 0 Å². The number of hydrogen-bond acceptors (Lipinski definition) is 4. The zero-order valence-corrected chi connectivity index (χ0v) is 13.6. The molecule has 2 aliphatic heterocycles. The first-order valence-corrected chi connectivity index (χ1v) is 9.56. The fraction of sp³-hybridized carbons (Fsp3) is 0.714. The average molecular weight is 326 g/mol. The van der Waals surface area contributed by atoms with E-state index in [2.05, 4.69) is 5.10 Å². The van der Waals surface area contributed by atoms with Crippen molar-refractivity contribution in [3.05, 3.63) is 18.5 Å². The number of carbonyl (C=O) groups is 1. The maximum atomic E-state index is 12.8. The molecule has 0 aromatic carbocycles. The number of sulfonamides is 1. The summed E-state index contributed by atoms with van der Waals surface area (Å²) in [7, 11) is -3.33. The lowest BCUT2D eigenvalue weighted by molar-refractivity contribution is -0.135. The third-order valence-corrected chi connectivity index (χ3v) is 5.82. The van der Waals surface area contributed by atoms with Crippen LogP contribution in [-0.4, -0.2) is 64.7 Å². The standard InChI is InChI=1S/C14H22N4O3S/c1-22(20,21)18-10-3-6-13(18)14(19)17-9-2-5-12(17)11-16-8-4-7-15-16/h4,7-8,12-13H,2-3,5-6,9-11H2,1H3/t12-,13-/m1/s1. The van der Waals surface area contributed by atoms with Gasteiger partial charge in [-0.2, -0.15) is 9.40 Å². The highest BCUT2D eigenvalue weighted by Gasteiger charge is 2.41. The predicted octanol–water partition coefficient (Wildman–Crippen LogP) is 0.298. The molecule has 1 aromatic heterocycles. The molecular formula is C14H22N4O3S. The second kappa shape index (κ2) is 6.00. The first-order chi connectivity index (χ1) is 10.5. The topological polar surface area (TPSA) is 75.5 Å². The minimum absolute atomic E-state index is 0.0439. The molecule has 3 heterocycles. The SMILES string of the molecule is CS(=O)(=O)N1CCC[C@@H]1C(=O)N1CCC[C@@H]1Cn1cccn1. The van der Waals surface area contributed by atoms with Crippen molar-refractivity contribution in [2.24, 2.45) is 0 Å². The van der Waals surface area contributed by atoms with E-state index >= 15 is 0 Å². The lowest BCUT2D eigenvalue weighted by atomic mass is 10.1. The van der Waals surface area contributed by atoms with Crippen LogP contribution in [-0.2, 0) is 21.4 Å². The first-order valence-electron chi connectivity index (χ1n) is 7.71. The summed E-state index contributed by atoms with van der Waals surface area (Å²) in [5, 5.41) is 4.20. The smallest absolute Gasteiger partial charge is 0.241 e. The van der Waals surface area contributed by atoms with Gasteiger partial charge in [0.15, 0.2) is 0 Å². The molecule has 0 saturated carbocycles. The van der Waals surface area contributed by atoms with Crippen LogP contribution in [0, 0.1) is 0 Å². The first kappa shape index (κ1) is 15.5. The Kier molecular flexibility index (Phi) is 4.22. The Morgan fingerprint density at radius 1 is 1.27 bits per heavy atom. The summed E-state index contributed by atoms with van der Waals surface area (Å²) < 4.78 is 26.9. The van der Waals surface area contributed by atoms with Gasteiger partial charge < -0.3 is 4.90 Å². The van der Waals surface area contributed by atoms with Crippen molar-refractivity contribution < 1.29 is 13.2 Å². The minimum atomic E-state index is -3.33. The van der Waals surface area contributed by atoms with Gasteiger partial charge in [0.2, 0.25) is 15.9 Å². The quantitative estimate of drug-likeness (QED) is 0.797. The van der Waals surface area contributed by atoms with Gasteiger partial charge in [-0.3, -0.25) is 9.48 Å². The van der Waals surface area contributed by atoms with Crippen molar-refractivity contribution in [3.63, 3.8) is 0 Å². The molecule has 1 amide bonds. The zero-order valence-electron chi connectivity index (χ0n) is 12.8. The van der Waals surface area contributed by atoms with Gasteiger partial charge >= 0.3 is 0 Å². The molecule has 22 heavy (non-hydrogen) atoms. The monoisotopic (exact) mass is 326 g/mol. The molecule has 0 unspecified atom stereocenters. The van der Waals surface area contributed by atoms with E-state index < -0.39 is 16.1 Å². The normalized spacial score (nSPS) is 26.7. The molecule has 0 radical (unpaired) electrons. The van der Waals surface area contributed by atoms with Crippen LogP contribution in [0.1, 0.15) is 25.7 Å². The van der Waals surface area contributed by atoms with Gasteiger partial charge in [0.25, 0.3) is 0 Å². The highest BCUT2D eigenvalue weighted by atomic mass is 32.2. The van der Waals surface area contributed by atoms with Gasteiger partial charge in [-0.05, 0) is 31.7 Å². The van der Waals surface area contributed by atoms with E-state index in [1.807, 2.05) is 21.8 Å². The van der Waals surface area contributed by atoms with Gasteiger partial charge in [-0.1, -0.05) is 0 Å². The van der Waals surface area contributed by atoms with Crippen LogP contribution in [0.5, 0.6) is 0 Å². The lowest BCUT2D eigenvalue weighted by Gasteiger charge is -2.30. The third-order valence-electron chi connectivity index (χ3n) is 4.53. The van der Waals surface area contributed by atoms with Crippen molar-refractivity contribution >= 4 is 15.9 Å². The van der Waals surface area contributed by atoms with E-state index in [0.717, 1.165) is 19.3 Å². The van der Waals surface area contributed by atoms with Crippen molar-refractivity contribution in [2.75, 3.05) is 19.3 Å². The largest absolute Gasteiger partial charge is 0.336 e. The molecule has 0 bridgehead atoms. The van der Waals surface area contributed by atoms with Crippen LogP contribution in [0.3, 0.4) is 0 Å². The summed E-state index contributed by atoms with van der Waals surface area (Å²) in [6.07, 6.45) is 8.07. The molecule has 0 N–H and O–H groups in total. The number of rotatable bonds is 4. The second-order valence-electron chi connectivity index (χ2n) is 6.09. The average Bonchev–Trinajstić information content (AvgIpc) is 3.19. The summed E-state index contributed by atoms with van der Waals surface area (Å²) in [6.45, 7) is 1.83. The summed E-state index contributed by atoms with van der Waals surface area (Å²) in [6, 6.07) is 1.45. The number of carbonyl (C=O) groups excluding carboxylic acids is 1. The summed E-state index contributed by atoms with van der Waals surface area (Å²) in [5.74, 6) is -0.0439. The van der Waals surface area contributed by atoms with Gasteiger partial charge in [0.05, 0.1) is 18.8 Å². The summed E-state index contributed by atoms with van der Waals surface area (Å²) in [4.78, 5) is 14.7. The molecule has 0 aliphatic carbocycles. The minimum Gasteiger partial charge on any atom is -0.336 e. The molecule has 3 rings (SSSR count). The Hall–Kier alpha value is -1.41. The summed E-state index contributed by atoms with van der Waals surface area (Å²) in [5.41, 5.74) is 0. The number of aromatic nitrogens is 2. The Morgan fingerprint density at radius 3 is 2.73 bits per heavy atom. The van der Waals surface area contributed by atoms with E-state index in [-0.39, 0.29) is 11.9 Å². The van der Waals surface area contributed by atoms with Crippen LogP contribution in [0.25, 0.3) is 0 Å². The Balaban J connectivity index is 1.73. The van der Waals surface area contributed by atoms with Crippen molar-refractivity contribution in [1.82, 2.24) is 19.0 Å². The molecule has 7 nitrogen and oxygen atoms in total. The molecule has 2 saturated heterocycles. The molecule has 0 spiro atoms. The predicted molar refractivity (Wildman–Crippen MR) is 81.5 cm³/mol. The number of amides is 1. The van der Waals surface area contributed by atoms with Crippen molar-refractivity contribution in [2.45, 2.75) is 44.3 Å². The Labute approximate surface area is 130 Å². The maximum Gasteiger partial charge on any atom is 0.241 e. The molecule has 2 fully saturated rings. The van der Waals surface area contributed by atoms with E-state index in [1.54, 1.807) is 6.20 Å².